The number of amides is 1. The summed E-state index contributed by atoms with van der Waals surface area (Å²) in [5, 5.41) is 14.5. The van der Waals surface area contributed by atoms with Crippen LogP contribution in [0.4, 0.5) is 0 Å². The molecule has 0 radical (unpaired) electrons. The lowest BCUT2D eigenvalue weighted by molar-refractivity contribution is -0.528. The van der Waals surface area contributed by atoms with Crippen molar-refractivity contribution in [1.29, 1.82) is 0 Å². The Morgan fingerprint density at radius 3 is 2.87 bits per heavy atom. The van der Waals surface area contributed by atoms with Gasteiger partial charge in [-0.15, -0.1) is 0 Å². The normalized spacial score (nSPS) is 29.8. The van der Waals surface area contributed by atoms with E-state index in [1.807, 2.05) is 18.2 Å². The summed E-state index contributed by atoms with van der Waals surface area (Å²) in [6.07, 6.45) is 1.68. The van der Waals surface area contributed by atoms with E-state index in [1.54, 1.807) is 6.07 Å². The minimum absolute atomic E-state index is 0.0644. The molecule has 1 saturated carbocycles. The third kappa shape index (κ3) is 3.46. The molecule has 8 heteroatoms. The number of carbonyl (C=O) groups excluding carboxylic acids is 1. The van der Waals surface area contributed by atoms with Crippen molar-refractivity contribution in [2.45, 2.75) is 43.9 Å². The molecule has 124 valence electrons. The van der Waals surface area contributed by atoms with Crippen LogP contribution in [0, 0.1) is 16.0 Å². The van der Waals surface area contributed by atoms with E-state index < -0.39 is 12.1 Å². The molecule has 4 atom stereocenters. The third-order valence-electron chi connectivity index (χ3n) is 4.72. The number of carbonyl (C=O) groups is 1. The first-order chi connectivity index (χ1) is 11.1. The summed E-state index contributed by atoms with van der Waals surface area (Å²) in [5.74, 6) is -0.223. The number of rotatable bonds is 4. The molecule has 1 saturated heterocycles. The highest BCUT2D eigenvalue weighted by molar-refractivity contribution is 6.31. The Balaban J connectivity index is 1.61. The van der Waals surface area contributed by atoms with Gasteiger partial charge in [-0.1, -0.05) is 29.8 Å². The average Bonchev–Trinajstić information content (AvgIpc) is 2.97. The van der Waals surface area contributed by atoms with Crippen molar-refractivity contribution < 1.29 is 9.72 Å². The lowest BCUT2D eigenvalue weighted by atomic mass is 9.79. The number of hydrazine groups is 1. The molecule has 2 aliphatic rings. The lowest BCUT2D eigenvalue weighted by Gasteiger charge is -2.28. The summed E-state index contributed by atoms with van der Waals surface area (Å²) < 4.78 is 0. The van der Waals surface area contributed by atoms with E-state index in [4.69, 9.17) is 11.6 Å². The average molecular weight is 339 g/mol. The second kappa shape index (κ2) is 6.82. The molecule has 0 spiro atoms. The highest BCUT2D eigenvalue weighted by atomic mass is 35.5. The fraction of sp³-hybridized carbons (Fsp3) is 0.533. The van der Waals surface area contributed by atoms with Gasteiger partial charge in [-0.05, 0) is 18.1 Å². The molecule has 1 aliphatic carbocycles. The van der Waals surface area contributed by atoms with Crippen molar-refractivity contribution in [1.82, 2.24) is 16.2 Å². The molecule has 1 aliphatic heterocycles. The van der Waals surface area contributed by atoms with Crippen molar-refractivity contribution in [3.8, 4) is 0 Å². The van der Waals surface area contributed by atoms with Gasteiger partial charge in [0.25, 0.3) is 0 Å². The topological polar surface area (TPSA) is 96.3 Å². The number of nitrogens with one attached hydrogen (secondary N) is 3. The van der Waals surface area contributed by atoms with E-state index >= 15 is 0 Å². The van der Waals surface area contributed by atoms with E-state index in [0.29, 0.717) is 30.8 Å². The number of hydrogen-bond acceptors (Lipinski definition) is 5. The largest absolute Gasteiger partial charge is 0.351 e. The van der Waals surface area contributed by atoms with Gasteiger partial charge in [0.1, 0.15) is 6.04 Å². The summed E-state index contributed by atoms with van der Waals surface area (Å²) in [5.41, 5.74) is 6.93. The van der Waals surface area contributed by atoms with Gasteiger partial charge in [-0.3, -0.25) is 20.3 Å². The molecule has 0 aromatic heterocycles. The molecule has 4 unspecified atom stereocenters. The highest BCUT2D eigenvalue weighted by Gasteiger charge is 2.46. The summed E-state index contributed by atoms with van der Waals surface area (Å²) >= 11 is 6.08. The zero-order valence-electron chi connectivity index (χ0n) is 12.5. The SMILES string of the molecule is O=C(NCc1ccccc1Cl)C1NNC2CCC([N+](=O)[O-])CC21. The van der Waals surface area contributed by atoms with Gasteiger partial charge < -0.3 is 5.32 Å². The van der Waals surface area contributed by atoms with Crippen molar-refractivity contribution in [2.75, 3.05) is 0 Å². The third-order valence-corrected chi connectivity index (χ3v) is 5.08. The zero-order chi connectivity index (χ0) is 16.4. The van der Waals surface area contributed by atoms with Crippen LogP contribution >= 0.6 is 11.6 Å². The monoisotopic (exact) mass is 338 g/mol. The fourth-order valence-corrected chi connectivity index (χ4v) is 3.62. The van der Waals surface area contributed by atoms with Crippen LogP contribution in [0.25, 0.3) is 0 Å². The summed E-state index contributed by atoms with van der Waals surface area (Å²) in [7, 11) is 0. The number of nitrogens with zero attached hydrogens (tertiary/aromatic N) is 1. The first-order valence-corrected chi connectivity index (χ1v) is 8.09. The van der Waals surface area contributed by atoms with Crippen molar-refractivity contribution >= 4 is 17.5 Å². The first-order valence-electron chi connectivity index (χ1n) is 7.72. The van der Waals surface area contributed by atoms with Gasteiger partial charge in [0.2, 0.25) is 11.9 Å². The van der Waals surface area contributed by atoms with Gasteiger partial charge in [0, 0.05) is 41.3 Å². The summed E-state index contributed by atoms with van der Waals surface area (Å²) in [6, 6.07) is 6.43. The molecule has 3 N–H and O–H groups in total. The van der Waals surface area contributed by atoms with E-state index in [9.17, 15) is 14.9 Å². The second-order valence-electron chi connectivity index (χ2n) is 6.10. The molecule has 2 fully saturated rings. The molecule has 1 aromatic rings. The minimum Gasteiger partial charge on any atom is -0.351 e. The van der Waals surface area contributed by atoms with Crippen molar-refractivity contribution in [3.05, 3.63) is 45.0 Å². The van der Waals surface area contributed by atoms with Crippen LogP contribution in [0.2, 0.25) is 5.02 Å². The standard InChI is InChI=1S/C15H19ClN4O3/c16-12-4-2-1-3-9(12)8-17-15(21)14-11-7-10(20(22)23)5-6-13(11)18-19-14/h1-4,10-11,13-14,18-19H,5-8H2,(H,17,21). The molecule has 7 nitrogen and oxygen atoms in total. The van der Waals surface area contributed by atoms with Gasteiger partial charge in [-0.25, -0.2) is 5.43 Å². The first kappa shape index (κ1) is 16.2. The fourth-order valence-electron chi connectivity index (χ4n) is 3.42. The van der Waals surface area contributed by atoms with Crippen LogP contribution in [0.1, 0.15) is 24.8 Å². The van der Waals surface area contributed by atoms with Gasteiger partial charge in [0.15, 0.2) is 0 Å². The Morgan fingerprint density at radius 2 is 2.13 bits per heavy atom. The van der Waals surface area contributed by atoms with Crippen LogP contribution in [0.15, 0.2) is 24.3 Å². The van der Waals surface area contributed by atoms with E-state index in [1.165, 1.54) is 0 Å². The Bertz CT molecular complexity index is 612. The smallest absolute Gasteiger partial charge is 0.239 e. The van der Waals surface area contributed by atoms with Crippen molar-refractivity contribution in [3.63, 3.8) is 0 Å². The van der Waals surface area contributed by atoms with Crippen molar-refractivity contribution in [2.24, 2.45) is 5.92 Å². The molecule has 0 bridgehead atoms. The molecule has 3 rings (SSSR count). The van der Waals surface area contributed by atoms with Crippen LogP contribution in [-0.2, 0) is 11.3 Å². The number of nitro groups is 1. The Labute approximate surface area is 138 Å². The maximum atomic E-state index is 12.4. The minimum atomic E-state index is -0.559. The Morgan fingerprint density at radius 1 is 1.35 bits per heavy atom. The Kier molecular flexibility index (Phi) is 4.79. The number of hydrogen-bond donors (Lipinski definition) is 3. The van der Waals surface area contributed by atoms with Crippen LogP contribution in [0.5, 0.6) is 0 Å². The molecule has 23 heavy (non-hydrogen) atoms. The number of halogens is 1. The Hall–Kier alpha value is -1.70. The maximum Gasteiger partial charge on any atom is 0.239 e. The molecule has 1 amide bonds. The predicted octanol–water partition coefficient (Wildman–Crippen LogP) is 1.25. The summed E-state index contributed by atoms with van der Waals surface area (Å²) in [4.78, 5) is 23.2. The van der Waals surface area contributed by atoms with Crippen LogP contribution in [0.3, 0.4) is 0 Å². The molecule has 1 aromatic carbocycles. The molecule has 1 heterocycles. The number of fused-ring (bicyclic) bond motifs is 1. The second-order valence-corrected chi connectivity index (χ2v) is 6.51. The van der Waals surface area contributed by atoms with Gasteiger partial charge in [-0.2, -0.15) is 0 Å². The van der Waals surface area contributed by atoms with E-state index in [2.05, 4.69) is 16.2 Å². The highest BCUT2D eigenvalue weighted by Crippen LogP contribution is 2.31. The van der Waals surface area contributed by atoms with Crippen LogP contribution in [-0.4, -0.2) is 29.0 Å². The van der Waals surface area contributed by atoms with Crippen LogP contribution < -0.4 is 16.2 Å². The molecular weight excluding hydrogens is 320 g/mol. The maximum absolute atomic E-state index is 12.4. The quantitative estimate of drug-likeness (QED) is 0.567. The van der Waals surface area contributed by atoms with Gasteiger partial charge >= 0.3 is 0 Å². The lowest BCUT2D eigenvalue weighted by Crippen LogP contribution is -2.46. The van der Waals surface area contributed by atoms with E-state index in [-0.39, 0.29) is 22.8 Å². The van der Waals surface area contributed by atoms with E-state index in [0.717, 1.165) is 5.56 Å². The van der Waals surface area contributed by atoms with Gasteiger partial charge in [0.05, 0.1) is 0 Å². The molecular formula is C15H19ClN4O3. The predicted molar refractivity (Wildman–Crippen MR) is 85.3 cm³/mol. The number of benzene rings is 1. The zero-order valence-corrected chi connectivity index (χ0v) is 13.3. The summed E-state index contributed by atoms with van der Waals surface area (Å²) in [6.45, 7) is 0.340.